The van der Waals surface area contributed by atoms with Crippen LogP contribution in [0.3, 0.4) is 0 Å². The second-order valence-corrected chi connectivity index (χ2v) is 1.59. The van der Waals surface area contributed by atoms with Gasteiger partial charge in [-0.1, -0.05) is 6.92 Å². The van der Waals surface area contributed by atoms with Crippen LogP contribution in [0.2, 0.25) is 0 Å². The first-order valence-electron chi connectivity index (χ1n) is 2.62. The lowest BCUT2D eigenvalue weighted by atomic mass is 10.1. The van der Waals surface area contributed by atoms with Crippen LogP contribution < -0.4 is 5.90 Å². The summed E-state index contributed by atoms with van der Waals surface area (Å²) >= 11 is 0. The van der Waals surface area contributed by atoms with Crippen molar-refractivity contribution in [1.82, 2.24) is 0 Å². The van der Waals surface area contributed by atoms with Gasteiger partial charge in [-0.2, -0.15) is 5.90 Å². The van der Waals surface area contributed by atoms with Gasteiger partial charge in [0.05, 0.1) is 0 Å². The summed E-state index contributed by atoms with van der Waals surface area (Å²) in [6.45, 7) is 1.70. The van der Waals surface area contributed by atoms with E-state index in [4.69, 9.17) is 0 Å². The molecule has 0 aliphatic heterocycles. The number of hydrogen-bond donors (Lipinski definition) is 1. The van der Waals surface area contributed by atoms with Crippen LogP contribution in [-0.2, 0) is 14.4 Å². The molecule has 0 aromatic heterocycles. The lowest BCUT2D eigenvalue weighted by molar-refractivity contribution is -0.150. The van der Waals surface area contributed by atoms with Gasteiger partial charge in [-0.3, -0.25) is 0 Å². The third-order valence-corrected chi connectivity index (χ3v) is 1.02. The summed E-state index contributed by atoms with van der Waals surface area (Å²) in [7, 11) is 0. The van der Waals surface area contributed by atoms with Gasteiger partial charge in [0.25, 0.3) is 0 Å². The summed E-state index contributed by atoms with van der Waals surface area (Å²) in [6, 6.07) is 0. The average Bonchev–Trinajstić information content (AvgIpc) is 1.90. The molecular formula is C5H9NO3. The van der Waals surface area contributed by atoms with Crippen molar-refractivity contribution < 1.29 is 14.4 Å². The minimum Gasteiger partial charge on any atom is -0.373 e. The van der Waals surface area contributed by atoms with Gasteiger partial charge >= 0.3 is 5.97 Å². The Bertz CT molecular complexity index is 113. The molecule has 2 N–H and O–H groups in total. The number of hydrogen-bond acceptors (Lipinski definition) is 4. The van der Waals surface area contributed by atoms with Crippen molar-refractivity contribution in [1.29, 1.82) is 0 Å². The molecule has 0 aliphatic rings. The van der Waals surface area contributed by atoms with Crippen molar-refractivity contribution in [3.8, 4) is 0 Å². The third kappa shape index (κ3) is 2.23. The highest BCUT2D eigenvalue weighted by molar-refractivity contribution is 5.87. The second kappa shape index (κ2) is 4.03. The molecule has 52 valence electrons. The Morgan fingerprint density at radius 1 is 1.89 bits per heavy atom. The van der Waals surface area contributed by atoms with Crippen LogP contribution >= 0.6 is 0 Å². The summed E-state index contributed by atoms with van der Waals surface area (Å²) in [5.41, 5.74) is 0. The van der Waals surface area contributed by atoms with Crippen molar-refractivity contribution >= 4 is 12.3 Å². The van der Waals surface area contributed by atoms with Crippen molar-refractivity contribution in [3.63, 3.8) is 0 Å². The quantitative estimate of drug-likeness (QED) is 0.322. The molecular weight excluding hydrogens is 122 g/mol. The Kier molecular flexibility index (Phi) is 3.62. The monoisotopic (exact) mass is 131 g/mol. The number of aldehydes is 1. The largest absolute Gasteiger partial charge is 0.373 e. The molecule has 0 radical (unpaired) electrons. The molecule has 4 nitrogen and oxygen atoms in total. The van der Waals surface area contributed by atoms with Gasteiger partial charge in [-0.15, -0.1) is 0 Å². The molecule has 0 spiro atoms. The van der Waals surface area contributed by atoms with Gasteiger partial charge in [0.1, 0.15) is 12.2 Å². The fourth-order valence-corrected chi connectivity index (χ4v) is 0.406. The van der Waals surface area contributed by atoms with Crippen molar-refractivity contribution in [2.45, 2.75) is 13.3 Å². The van der Waals surface area contributed by atoms with Crippen LogP contribution in [-0.4, -0.2) is 12.3 Å². The highest BCUT2D eigenvalue weighted by atomic mass is 16.7. The summed E-state index contributed by atoms with van der Waals surface area (Å²) in [4.78, 5) is 24.2. The maximum atomic E-state index is 10.4. The lowest BCUT2D eigenvalue weighted by Gasteiger charge is -2.00. The standard InChI is InChI=1S/C5H9NO3/c1-2-4(3-7)5(8)9-6/h3-4H,2,6H2,1H3. The van der Waals surface area contributed by atoms with E-state index in [2.05, 4.69) is 10.7 Å². The lowest BCUT2D eigenvalue weighted by Crippen LogP contribution is -2.21. The van der Waals surface area contributed by atoms with Gasteiger partial charge in [0.2, 0.25) is 0 Å². The fraction of sp³-hybridized carbons (Fsp3) is 0.600. The molecule has 0 aromatic rings. The molecule has 0 amide bonds. The van der Waals surface area contributed by atoms with E-state index in [1.54, 1.807) is 6.92 Å². The highest BCUT2D eigenvalue weighted by Crippen LogP contribution is 1.98. The predicted octanol–water partition coefficient (Wildman–Crippen LogP) is -0.372. The molecule has 0 saturated heterocycles. The van der Waals surface area contributed by atoms with Crippen LogP contribution in [0, 0.1) is 5.92 Å². The molecule has 0 fully saturated rings. The number of carbonyl (C=O) groups is 2. The molecule has 0 bridgehead atoms. The van der Waals surface area contributed by atoms with Gasteiger partial charge in [-0.25, -0.2) is 4.79 Å². The van der Waals surface area contributed by atoms with E-state index in [9.17, 15) is 9.59 Å². The summed E-state index contributed by atoms with van der Waals surface area (Å²) in [5.74, 6) is 3.14. The Balaban J connectivity index is 3.78. The van der Waals surface area contributed by atoms with E-state index >= 15 is 0 Å². The molecule has 9 heavy (non-hydrogen) atoms. The highest BCUT2D eigenvalue weighted by Gasteiger charge is 2.15. The van der Waals surface area contributed by atoms with Crippen LogP contribution in [0.25, 0.3) is 0 Å². The van der Waals surface area contributed by atoms with Crippen LogP contribution in [0.5, 0.6) is 0 Å². The molecule has 4 heteroatoms. The first kappa shape index (κ1) is 8.10. The Morgan fingerprint density at radius 3 is 2.56 bits per heavy atom. The smallest absolute Gasteiger partial charge is 0.334 e. The normalized spacial score (nSPS) is 12.2. The zero-order valence-corrected chi connectivity index (χ0v) is 5.16. The zero-order valence-electron chi connectivity index (χ0n) is 5.16. The molecule has 0 aromatic carbocycles. The maximum Gasteiger partial charge on any atom is 0.334 e. The molecule has 0 aliphatic carbocycles. The summed E-state index contributed by atoms with van der Waals surface area (Å²) < 4.78 is 0. The van der Waals surface area contributed by atoms with E-state index < -0.39 is 11.9 Å². The summed E-state index contributed by atoms with van der Waals surface area (Å²) in [5, 5.41) is 0. The number of nitrogens with two attached hydrogens (primary N) is 1. The van der Waals surface area contributed by atoms with E-state index in [1.165, 1.54) is 0 Å². The first-order valence-corrected chi connectivity index (χ1v) is 2.62. The molecule has 0 saturated carbocycles. The third-order valence-electron chi connectivity index (χ3n) is 1.02. The minimum absolute atomic E-state index is 0.430. The Labute approximate surface area is 52.9 Å². The van der Waals surface area contributed by atoms with Gasteiger partial charge in [0.15, 0.2) is 0 Å². The van der Waals surface area contributed by atoms with Crippen molar-refractivity contribution in [3.05, 3.63) is 0 Å². The van der Waals surface area contributed by atoms with Gasteiger partial charge < -0.3 is 9.63 Å². The average molecular weight is 131 g/mol. The molecule has 1 atom stereocenters. The van der Waals surface area contributed by atoms with Gasteiger partial charge in [0, 0.05) is 0 Å². The Hall–Kier alpha value is -0.900. The van der Waals surface area contributed by atoms with Crippen molar-refractivity contribution in [2.24, 2.45) is 11.8 Å². The second-order valence-electron chi connectivity index (χ2n) is 1.59. The fourth-order valence-electron chi connectivity index (χ4n) is 0.406. The number of rotatable bonds is 3. The zero-order chi connectivity index (χ0) is 7.28. The van der Waals surface area contributed by atoms with E-state index in [-0.39, 0.29) is 0 Å². The van der Waals surface area contributed by atoms with E-state index in [0.29, 0.717) is 12.7 Å². The SMILES string of the molecule is CCC(C=O)C(=O)ON. The van der Waals surface area contributed by atoms with Crippen molar-refractivity contribution in [2.75, 3.05) is 0 Å². The summed E-state index contributed by atoms with van der Waals surface area (Å²) in [6.07, 6.45) is 0.953. The van der Waals surface area contributed by atoms with Crippen LogP contribution in [0.4, 0.5) is 0 Å². The van der Waals surface area contributed by atoms with Crippen LogP contribution in [0.1, 0.15) is 13.3 Å². The Morgan fingerprint density at radius 2 is 2.44 bits per heavy atom. The van der Waals surface area contributed by atoms with E-state index in [1.807, 2.05) is 0 Å². The maximum absolute atomic E-state index is 10.4. The molecule has 0 heterocycles. The topological polar surface area (TPSA) is 69.4 Å². The van der Waals surface area contributed by atoms with Gasteiger partial charge in [-0.05, 0) is 6.42 Å². The minimum atomic E-state index is -0.699. The molecule has 1 unspecified atom stereocenters. The predicted molar refractivity (Wildman–Crippen MR) is 30.1 cm³/mol. The van der Waals surface area contributed by atoms with E-state index in [0.717, 1.165) is 0 Å². The molecule has 0 rings (SSSR count). The van der Waals surface area contributed by atoms with Crippen LogP contribution in [0.15, 0.2) is 0 Å². The number of carbonyl (C=O) groups excluding carboxylic acids is 2. The first-order chi connectivity index (χ1) is 4.26.